The lowest BCUT2D eigenvalue weighted by Crippen LogP contribution is -2.10. The highest BCUT2D eigenvalue weighted by molar-refractivity contribution is 6.00. The normalized spacial score (nSPS) is 9.88. The molecule has 0 atom stereocenters. The molecule has 0 aliphatic carbocycles. The van der Waals surface area contributed by atoms with Gasteiger partial charge in [-0.05, 0) is 18.7 Å². The Bertz CT molecular complexity index is 404. The third-order valence-corrected chi connectivity index (χ3v) is 2.38. The monoisotopic (exact) mass is 239 g/mol. The molecule has 0 amide bonds. The molecule has 17 heavy (non-hydrogen) atoms. The van der Waals surface area contributed by atoms with Gasteiger partial charge in [-0.1, -0.05) is 0 Å². The zero-order valence-electron chi connectivity index (χ0n) is 10.3. The zero-order chi connectivity index (χ0) is 12.8. The van der Waals surface area contributed by atoms with E-state index in [0.29, 0.717) is 29.4 Å². The predicted octanol–water partition coefficient (Wildman–Crippen LogP) is 1.24. The molecule has 2 N–H and O–H groups in total. The minimum absolute atomic E-state index is 0.0784. The molecular weight excluding hydrogens is 222 g/mol. The average Bonchev–Trinajstić information content (AvgIpc) is 2.36. The van der Waals surface area contributed by atoms with E-state index in [-0.39, 0.29) is 12.2 Å². The highest BCUT2D eigenvalue weighted by atomic mass is 16.5. The van der Waals surface area contributed by atoms with E-state index in [1.807, 2.05) is 0 Å². The van der Waals surface area contributed by atoms with Gasteiger partial charge in [-0.2, -0.15) is 0 Å². The first-order chi connectivity index (χ1) is 8.19. The fourth-order valence-electron chi connectivity index (χ4n) is 1.59. The molecule has 0 saturated heterocycles. The van der Waals surface area contributed by atoms with Gasteiger partial charge in [0.25, 0.3) is 0 Å². The Balaban J connectivity index is 3.27. The molecule has 0 saturated carbocycles. The molecule has 0 fully saturated rings. The van der Waals surface area contributed by atoms with Crippen LogP contribution in [0.15, 0.2) is 12.1 Å². The summed E-state index contributed by atoms with van der Waals surface area (Å²) < 4.78 is 15.5. The van der Waals surface area contributed by atoms with E-state index in [4.69, 9.17) is 19.9 Å². The Morgan fingerprint density at radius 3 is 2.24 bits per heavy atom. The Kier molecular flexibility index (Phi) is 4.78. The first-order valence-electron chi connectivity index (χ1n) is 5.21. The summed E-state index contributed by atoms with van der Waals surface area (Å²) in [4.78, 5) is 11.8. The number of nitrogens with two attached hydrogens (primary N) is 1. The van der Waals surface area contributed by atoms with Crippen LogP contribution in [0.4, 0.5) is 0 Å². The lowest BCUT2D eigenvalue weighted by molar-refractivity contribution is 0.0981. The number of Topliss-reactive ketones (excluding diaryl/α,β-unsaturated/α-hetero) is 1. The number of ether oxygens (including phenoxy) is 3. The molecule has 0 aliphatic rings. The van der Waals surface area contributed by atoms with Crippen LogP contribution < -0.4 is 19.9 Å². The fourth-order valence-corrected chi connectivity index (χ4v) is 1.59. The second kappa shape index (κ2) is 6.10. The number of benzene rings is 1. The Morgan fingerprint density at radius 1 is 1.12 bits per heavy atom. The van der Waals surface area contributed by atoms with Crippen LogP contribution in [0.1, 0.15) is 16.8 Å². The number of methoxy groups -OCH3 is 3. The van der Waals surface area contributed by atoms with Gasteiger partial charge >= 0.3 is 0 Å². The first-order valence-corrected chi connectivity index (χ1v) is 5.21. The van der Waals surface area contributed by atoms with Crippen LogP contribution in [0.25, 0.3) is 0 Å². The van der Waals surface area contributed by atoms with Crippen molar-refractivity contribution in [2.24, 2.45) is 5.73 Å². The lowest BCUT2D eigenvalue weighted by atomic mass is 10.1. The second-order valence-electron chi connectivity index (χ2n) is 3.34. The van der Waals surface area contributed by atoms with Crippen LogP contribution in [0.3, 0.4) is 0 Å². The molecule has 5 heteroatoms. The number of ketones is 1. The third kappa shape index (κ3) is 2.68. The van der Waals surface area contributed by atoms with Crippen molar-refractivity contribution in [3.63, 3.8) is 0 Å². The van der Waals surface area contributed by atoms with E-state index < -0.39 is 0 Å². The number of rotatable bonds is 6. The van der Waals surface area contributed by atoms with Gasteiger partial charge in [0, 0.05) is 6.42 Å². The molecule has 0 heterocycles. The van der Waals surface area contributed by atoms with Gasteiger partial charge in [0.05, 0.1) is 26.9 Å². The summed E-state index contributed by atoms with van der Waals surface area (Å²) in [6.07, 6.45) is 0.270. The van der Waals surface area contributed by atoms with E-state index in [9.17, 15) is 4.79 Å². The maximum absolute atomic E-state index is 11.8. The highest BCUT2D eigenvalue weighted by Crippen LogP contribution is 2.40. The largest absolute Gasteiger partial charge is 0.493 e. The number of carbonyl (C=O) groups is 1. The van der Waals surface area contributed by atoms with E-state index in [0.717, 1.165) is 0 Å². The molecule has 0 radical (unpaired) electrons. The van der Waals surface area contributed by atoms with Gasteiger partial charge in [-0.25, -0.2) is 0 Å². The smallest absolute Gasteiger partial charge is 0.204 e. The van der Waals surface area contributed by atoms with Crippen LogP contribution >= 0.6 is 0 Å². The molecule has 1 rings (SSSR count). The van der Waals surface area contributed by atoms with E-state index in [1.165, 1.54) is 21.3 Å². The summed E-state index contributed by atoms with van der Waals surface area (Å²) in [6, 6.07) is 3.32. The molecule has 1 aromatic rings. The molecule has 94 valence electrons. The van der Waals surface area contributed by atoms with Crippen molar-refractivity contribution >= 4 is 5.78 Å². The predicted molar refractivity (Wildman–Crippen MR) is 64.1 cm³/mol. The summed E-state index contributed by atoms with van der Waals surface area (Å²) in [7, 11) is 4.51. The first kappa shape index (κ1) is 13.3. The standard InChI is InChI=1S/C12H17NO4/c1-15-10-5-4-8(9(14)6-7-13)11(16-2)12(10)17-3/h4-5H,6-7,13H2,1-3H3. The second-order valence-corrected chi connectivity index (χ2v) is 3.34. The average molecular weight is 239 g/mol. The van der Waals surface area contributed by atoms with Crippen LogP contribution in [0.5, 0.6) is 17.2 Å². The third-order valence-electron chi connectivity index (χ3n) is 2.38. The summed E-state index contributed by atoms with van der Waals surface area (Å²) in [5.41, 5.74) is 5.82. The molecular formula is C12H17NO4. The summed E-state index contributed by atoms with van der Waals surface area (Å²) >= 11 is 0. The van der Waals surface area contributed by atoms with Gasteiger partial charge in [-0.15, -0.1) is 0 Å². The van der Waals surface area contributed by atoms with Crippen molar-refractivity contribution in [3.8, 4) is 17.2 Å². The number of hydrogen-bond donors (Lipinski definition) is 1. The molecule has 1 aromatic carbocycles. The van der Waals surface area contributed by atoms with Gasteiger partial charge in [0.1, 0.15) is 0 Å². The highest BCUT2D eigenvalue weighted by Gasteiger charge is 2.19. The number of hydrogen-bond acceptors (Lipinski definition) is 5. The minimum atomic E-state index is -0.0784. The van der Waals surface area contributed by atoms with E-state index >= 15 is 0 Å². The van der Waals surface area contributed by atoms with Crippen molar-refractivity contribution in [1.29, 1.82) is 0 Å². The van der Waals surface area contributed by atoms with Crippen LogP contribution in [-0.2, 0) is 0 Å². The molecule has 0 unspecified atom stereocenters. The fraction of sp³-hybridized carbons (Fsp3) is 0.417. The number of carbonyl (C=O) groups excluding carboxylic acids is 1. The maximum atomic E-state index is 11.8. The quantitative estimate of drug-likeness (QED) is 0.756. The summed E-state index contributed by atoms with van der Waals surface area (Å²) in [5.74, 6) is 1.24. The van der Waals surface area contributed by atoms with Crippen molar-refractivity contribution in [2.45, 2.75) is 6.42 Å². The SMILES string of the molecule is COc1ccc(C(=O)CCN)c(OC)c1OC. The summed E-state index contributed by atoms with van der Waals surface area (Å²) in [5, 5.41) is 0. The summed E-state index contributed by atoms with van der Waals surface area (Å²) in [6.45, 7) is 0.302. The minimum Gasteiger partial charge on any atom is -0.493 e. The zero-order valence-corrected chi connectivity index (χ0v) is 10.3. The van der Waals surface area contributed by atoms with E-state index in [1.54, 1.807) is 12.1 Å². The lowest BCUT2D eigenvalue weighted by Gasteiger charge is -2.14. The molecule has 0 spiro atoms. The molecule has 0 aliphatic heterocycles. The Labute approximate surface area is 100 Å². The topological polar surface area (TPSA) is 70.8 Å². The molecule has 5 nitrogen and oxygen atoms in total. The van der Waals surface area contributed by atoms with Gasteiger partial charge in [0.2, 0.25) is 5.75 Å². The maximum Gasteiger partial charge on any atom is 0.204 e. The van der Waals surface area contributed by atoms with Crippen LogP contribution in [0.2, 0.25) is 0 Å². The van der Waals surface area contributed by atoms with Gasteiger partial charge in [0.15, 0.2) is 17.3 Å². The van der Waals surface area contributed by atoms with Crippen LogP contribution in [-0.4, -0.2) is 33.7 Å². The van der Waals surface area contributed by atoms with Crippen molar-refractivity contribution in [3.05, 3.63) is 17.7 Å². The van der Waals surface area contributed by atoms with Gasteiger partial charge in [-0.3, -0.25) is 4.79 Å². The Morgan fingerprint density at radius 2 is 1.76 bits per heavy atom. The van der Waals surface area contributed by atoms with Gasteiger partial charge < -0.3 is 19.9 Å². The van der Waals surface area contributed by atoms with Crippen molar-refractivity contribution in [1.82, 2.24) is 0 Å². The van der Waals surface area contributed by atoms with Crippen molar-refractivity contribution < 1.29 is 19.0 Å². The van der Waals surface area contributed by atoms with Crippen molar-refractivity contribution in [2.75, 3.05) is 27.9 Å². The molecule has 0 bridgehead atoms. The van der Waals surface area contributed by atoms with E-state index in [2.05, 4.69) is 0 Å². The Hall–Kier alpha value is -1.75. The molecule has 0 aromatic heterocycles. The van der Waals surface area contributed by atoms with Crippen LogP contribution in [0, 0.1) is 0 Å².